The Kier molecular flexibility index (Phi) is 6.45. The van der Waals surface area contributed by atoms with Gasteiger partial charge in [0.1, 0.15) is 5.54 Å². The molecule has 3 aliphatic rings. The Balaban J connectivity index is 1.50. The van der Waals surface area contributed by atoms with E-state index in [0.717, 1.165) is 49.4 Å². The van der Waals surface area contributed by atoms with Crippen LogP contribution in [-0.2, 0) is 20.6 Å². The molecule has 0 saturated carbocycles. The lowest BCUT2D eigenvalue weighted by atomic mass is 9.83. The van der Waals surface area contributed by atoms with E-state index in [1.54, 1.807) is 0 Å². The number of piperidine rings is 2. The Hall–Kier alpha value is -2.17. The van der Waals surface area contributed by atoms with Gasteiger partial charge in [-0.15, -0.1) is 0 Å². The molecule has 0 radical (unpaired) electrons. The van der Waals surface area contributed by atoms with Crippen LogP contribution >= 0.6 is 11.6 Å². The maximum absolute atomic E-state index is 13.2. The Morgan fingerprint density at radius 1 is 1.06 bits per heavy atom. The largest absolute Gasteiger partial charge is 0.417 e. The first kappa shape index (κ1) is 24.0. The molecule has 2 N–H and O–H groups in total. The molecule has 0 spiro atoms. The monoisotopic (exact) mass is 486 g/mol. The molecule has 1 aromatic carbocycles. The first-order chi connectivity index (χ1) is 15.5. The fourth-order valence-electron chi connectivity index (χ4n) is 5.29. The van der Waals surface area contributed by atoms with Crippen LogP contribution in [0.1, 0.15) is 44.1 Å². The minimum Gasteiger partial charge on any atom is -0.368 e. The van der Waals surface area contributed by atoms with E-state index in [2.05, 4.69) is 4.90 Å². The number of carbonyl (C=O) groups excluding carboxylic acids is 3. The van der Waals surface area contributed by atoms with Gasteiger partial charge in [0.2, 0.25) is 11.8 Å². The molecule has 0 aliphatic carbocycles. The number of alkyl halides is 3. The molecule has 3 heterocycles. The smallest absolute Gasteiger partial charge is 0.368 e. The SMILES string of the molecule is NC(=O)C1(N2CCCCC2)CCN([C@H]2CC(=O)N(c3ccc(Cl)c(C(F)(F)F)c3)C2=O)CC1. The summed E-state index contributed by atoms with van der Waals surface area (Å²) in [5, 5.41) is -0.501. The van der Waals surface area contributed by atoms with E-state index in [1.165, 1.54) is 6.07 Å². The van der Waals surface area contributed by atoms with E-state index < -0.39 is 40.2 Å². The van der Waals surface area contributed by atoms with Gasteiger partial charge in [-0.25, -0.2) is 4.90 Å². The second kappa shape index (κ2) is 8.88. The maximum atomic E-state index is 13.2. The first-order valence-corrected chi connectivity index (χ1v) is 11.4. The summed E-state index contributed by atoms with van der Waals surface area (Å²) in [6, 6.07) is 2.22. The number of imide groups is 1. The average Bonchev–Trinajstić information content (AvgIpc) is 3.08. The molecule has 180 valence electrons. The summed E-state index contributed by atoms with van der Waals surface area (Å²) in [6.45, 7) is 2.39. The molecule has 3 amide bonds. The molecule has 1 aromatic rings. The van der Waals surface area contributed by atoms with Crippen LogP contribution in [0.3, 0.4) is 0 Å². The third-order valence-corrected chi connectivity index (χ3v) is 7.45. The van der Waals surface area contributed by atoms with Gasteiger partial charge in [0.05, 0.1) is 28.7 Å². The van der Waals surface area contributed by atoms with Crippen LogP contribution < -0.4 is 10.6 Å². The third kappa shape index (κ3) is 4.36. The van der Waals surface area contributed by atoms with Crippen LogP contribution in [0.5, 0.6) is 0 Å². The van der Waals surface area contributed by atoms with Gasteiger partial charge in [0.25, 0.3) is 5.91 Å². The standard InChI is InChI=1S/C22H26ClF3N4O3/c23-16-5-4-14(12-15(16)22(24,25)26)30-18(31)13-17(19(30)32)28-10-6-21(7-11-28,20(27)33)29-8-2-1-3-9-29/h4-5,12,17H,1-3,6-11,13H2,(H2,27,33)/t17-/m0/s1. The van der Waals surface area contributed by atoms with Crippen LogP contribution in [-0.4, -0.2) is 65.3 Å². The number of anilines is 1. The van der Waals surface area contributed by atoms with Gasteiger partial charge >= 0.3 is 6.18 Å². The fraction of sp³-hybridized carbons (Fsp3) is 0.591. The summed E-state index contributed by atoms with van der Waals surface area (Å²) in [7, 11) is 0. The van der Waals surface area contributed by atoms with Crippen LogP contribution in [0.15, 0.2) is 18.2 Å². The Bertz CT molecular complexity index is 957. The summed E-state index contributed by atoms with van der Waals surface area (Å²) in [5.74, 6) is -1.51. The van der Waals surface area contributed by atoms with Crippen molar-refractivity contribution in [2.45, 2.75) is 56.3 Å². The quantitative estimate of drug-likeness (QED) is 0.661. The van der Waals surface area contributed by atoms with Crippen molar-refractivity contribution in [1.82, 2.24) is 9.80 Å². The van der Waals surface area contributed by atoms with E-state index in [1.807, 2.05) is 4.90 Å². The Morgan fingerprint density at radius 2 is 1.70 bits per heavy atom. The minimum atomic E-state index is -4.71. The zero-order valence-corrected chi connectivity index (χ0v) is 18.8. The van der Waals surface area contributed by atoms with Crippen molar-refractivity contribution in [2.24, 2.45) is 5.73 Å². The molecule has 3 fully saturated rings. The molecule has 3 saturated heterocycles. The molecular weight excluding hydrogens is 461 g/mol. The number of benzene rings is 1. The molecule has 0 unspecified atom stereocenters. The number of rotatable bonds is 4. The van der Waals surface area contributed by atoms with Crippen molar-refractivity contribution in [3.05, 3.63) is 28.8 Å². The van der Waals surface area contributed by atoms with Crippen molar-refractivity contribution in [3.8, 4) is 0 Å². The van der Waals surface area contributed by atoms with Crippen molar-refractivity contribution >= 4 is 35.0 Å². The molecule has 33 heavy (non-hydrogen) atoms. The number of nitrogens with two attached hydrogens (primary N) is 1. The van der Waals surface area contributed by atoms with Gasteiger partial charge in [0, 0.05) is 13.1 Å². The fourth-order valence-corrected chi connectivity index (χ4v) is 5.51. The molecule has 7 nitrogen and oxygen atoms in total. The van der Waals surface area contributed by atoms with E-state index in [-0.39, 0.29) is 18.0 Å². The second-order valence-corrected chi connectivity index (χ2v) is 9.34. The number of carbonyl (C=O) groups is 3. The predicted molar refractivity (Wildman–Crippen MR) is 116 cm³/mol. The molecule has 0 bridgehead atoms. The summed E-state index contributed by atoms with van der Waals surface area (Å²) in [5.41, 5.74) is 3.79. The van der Waals surface area contributed by atoms with Gasteiger partial charge < -0.3 is 5.73 Å². The van der Waals surface area contributed by atoms with Crippen molar-refractivity contribution < 1.29 is 27.6 Å². The van der Waals surface area contributed by atoms with Crippen molar-refractivity contribution in [2.75, 3.05) is 31.1 Å². The topological polar surface area (TPSA) is 87.0 Å². The molecule has 3 aliphatic heterocycles. The van der Waals surface area contributed by atoms with Crippen molar-refractivity contribution in [1.29, 1.82) is 0 Å². The number of primary amides is 1. The normalized spacial score (nSPS) is 25.0. The van der Waals surface area contributed by atoms with Gasteiger partial charge in [-0.05, 0) is 57.0 Å². The van der Waals surface area contributed by atoms with Crippen LogP contribution in [0.25, 0.3) is 0 Å². The number of halogens is 4. The molecule has 1 atom stereocenters. The lowest BCUT2D eigenvalue weighted by Crippen LogP contribution is -2.64. The highest BCUT2D eigenvalue weighted by Gasteiger charge is 2.49. The Labute approximate surface area is 194 Å². The summed E-state index contributed by atoms with van der Waals surface area (Å²) in [4.78, 5) is 43.0. The predicted octanol–water partition coefficient (Wildman–Crippen LogP) is 2.80. The summed E-state index contributed by atoms with van der Waals surface area (Å²) in [6.07, 6.45) is -0.825. The first-order valence-electron chi connectivity index (χ1n) is 11.1. The van der Waals surface area contributed by atoms with E-state index >= 15 is 0 Å². The number of hydrogen-bond donors (Lipinski definition) is 1. The molecular formula is C22H26ClF3N4O3. The minimum absolute atomic E-state index is 0.129. The molecule has 11 heteroatoms. The van der Waals surface area contributed by atoms with E-state index in [0.29, 0.717) is 25.9 Å². The number of nitrogens with zero attached hydrogens (tertiary/aromatic N) is 3. The van der Waals surface area contributed by atoms with Gasteiger partial charge in [-0.3, -0.25) is 24.2 Å². The second-order valence-electron chi connectivity index (χ2n) is 8.93. The third-order valence-electron chi connectivity index (χ3n) is 7.12. The van der Waals surface area contributed by atoms with Crippen LogP contribution in [0.4, 0.5) is 18.9 Å². The average molecular weight is 487 g/mol. The number of amides is 3. The van der Waals surface area contributed by atoms with Gasteiger partial charge in [-0.2, -0.15) is 13.2 Å². The van der Waals surface area contributed by atoms with Gasteiger partial charge in [0.15, 0.2) is 0 Å². The van der Waals surface area contributed by atoms with E-state index in [4.69, 9.17) is 17.3 Å². The highest BCUT2D eigenvalue weighted by Crippen LogP contribution is 2.39. The lowest BCUT2D eigenvalue weighted by Gasteiger charge is -2.48. The zero-order chi connectivity index (χ0) is 24.0. The zero-order valence-electron chi connectivity index (χ0n) is 18.0. The van der Waals surface area contributed by atoms with Crippen LogP contribution in [0, 0.1) is 0 Å². The van der Waals surface area contributed by atoms with Crippen LogP contribution in [0.2, 0.25) is 5.02 Å². The van der Waals surface area contributed by atoms with Gasteiger partial charge in [-0.1, -0.05) is 18.0 Å². The summed E-state index contributed by atoms with van der Waals surface area (Å²) < 4.78 is 39.7. The Morgan fingerprint density at radius 3 is 2.27 bits per heavy atom. The molecule has 0 aromatic heterocycles. The highest BCUT2D eigenvalue weighted by molar-refractivity contribution is 6.31. The van der Waals surface area contributed by atoms with Crippen molar-refractivity contribution in [3.63, 3.8) is 0 Å². The highest BCUT2D eigenvalue weighted by atomic mass is 35.5. The lowest BCUT2D eigenvalue weighted by molar-refractivity contribution is -0.138. The van der Waals surface area contributed by atoms with E-state index in [9.17, 15) is 27.6 Å². The summed E-state index contributed by atoms with van der Waals surface area (Å²) >= 11 is 5.67. The number of likely N-dealkylation sites (tertiary alicyclic amines) is 2. The molecule has 4 rings (SSSR count). The maximum Gasteiger partial charge on any atom is 0.417 e. The number of hydrogen-bond acceptors (Lipinski definition) is 5.